The molecular formula is C14H26N2O5. The number of ether oxygens (including phenoxy) is 2. The van der Waals surface area contributed by atoms with Crippen molar-refractivity contribution < 1.29 is 24.2 Å². The molecule has 1 aliphatic rings. The first-order valence-electron chi connectivity index (χ1n) is 7.37. The molecule has 7 heteroatoms. The highest BCUT2D eigenvalue weighted by atomic mass is 16.5. The number of carboxylic acid groups (broad SMARTS) is 1. The third-order valence-corrected chi connectivity index (χ3v) is 3.44. The smallest absolute Gasteiger partial charge is 0.326 e. The lowest BCUT2D eigenvalue weighted by Crippen LogP contribution is -2.46. The Morgan fingerprint density at radius 2 is 2.10 bits per heavy atom. The molecule has 1 saturated heterocycles. The number of methoxy groups -OCH3 is 1. The first-order chi connectivity index (χ1) is 9.95. The van der Waals surface area contributed by atoms with Crippen molar-refractivity contribution >= 4 is 12.0 Å². The topological polar surface area (TPSA) is 88.1 Å². The quantitative estimate of drug-likeness (QED) is 0.655. The van der Waals surface area contributed by atoms with E-state index in [0.29, 0.717) is 26.1 Å². The van der Waals surface area contributed by atoms with Crippen molar-refractivity contribution in [1.82, 2.24) is 10.2 Å². The SMILES string of the molecule is COC1CC(C(=O)O)N(C(=O)NCCCCOC(C)C)C1. The highest BCUT2D eigenvalue weighted by molar-refractivity contribution is 5.83. The number of urea groups is 1. The summed E-state index contributed by atoms with van der Waals surface area (Å²) in [5, 5.41) is 11.9. The zero-order chi connectivity index (χ0) is 15.8. The maximum Gasteiger partial charge on any atom is 0.326 e. The Labute approximate surface area is 125 Å². The van der Waals surface area contributed by atoms with Crippen molar-refractivity contribution in [2.45, 2.75) is 51.4 Å². The van der Waals surface area contributed by atoms with E-state index in [9.17, 15) is 9.59 Å². The molecule has 1 fully saturated rings. The van der Waals surface area contributed by atoms with Gasteiger partial charge in [0.1, 0.15) is 6.04 Å². The fourth-order valence-corrected chi connectivity index (χ4v) is 2.27. The van der Waals surface area contributed by atoms with Crippen molar-refractivity contribution in [3.05, 3.63) is 0 Å². The fourth-order valence-electron chi connectivity index (χ4n) is 2.27. The lowest BCUT2D eigenvalue weighted by Gasteiger charge is -2.21. The zero-order valence-corrected chi connectivity index (χ0v) is 13.0. The highest BCUT2D eigenvalue weighted by Crippen LogP contribution is 2.20. The molecule has 2 amide bonds. The van der Waals surface area contributed by atoms with Crippen LogP contribution in [0, 0.1) is 0 Å². The number of hydrogen-bond donors (Lipinski definition) is 2. The summed E-state index contributed by atoms with van der Waals surface area (Å²) in [6.07, 6.45) is 2.00. The second-order valence-corrected chi connectivity index (χ2v) is 5.46. The van der Waals surface area contributed by atoms with E-state index in [2.05, 4.69) is 5.32 Å². The molecule has 122 valence electrons. The highest BCUT2D eigenvalue weighted by Gasteiger charge is 2.39. The van der Waals surface area contributed by atoms with E-state index in [-0.39, 0.29) is 18.2 Å². The number of aliphatic carboxylic acids is 1. The van der Waals surface area contributed by atoms with Crippen LogP contribution in [-0.2, 0) is 14.3 Å². The van der Waals surface area contributed by atoms with Gasteiger partial charge in [-0.15, -0.1) is 0 Å². The van der Waals surface area contributed by atoms with Gasteiger partial charge in [0.05, 0.1) is 12.2 Å². The Kier molecular flexibility index (Phi) is 7.45. The Bertz CT molecular complexity index is 348. The van der Waals surface area contributed by atoms with Crippen LogP contribution < -0.4 is 5.32 Å². The number of carbonyl (C=O) groups excluding carboxylic acids is 1. The molecule has 0 spiro atoms. The summed E-state index contributed by atoms with van der Waals surface area (Å²) in [5.41, 5.74) is 0. The molecule has 7 nitrogen and oxygen atoms in total. The normalized spacial score (nSPS) is 21.8. The summed E-state index contributed by atoms with van der Waals surface area (Å²) in [4.78, 5) is 24.5. The molecule has 2 unspecified atom stereocenters. The Balaban J connectivity index is 2.28. The third-order valence-electron chi connectivity index (χ3n) is 3.44. The molecule has 1 aliphatic heterocycles. The van der Waals surface area contributed by atoms with Crippen molar-refractivity contribution in [2.24, 2.45) is 0 Å². The molecular weight excluding hydrogens is 276 g/mol. The van der Waals surface area contributed by atoms with Crippen LogP contribution in [0.2, 0.25) is 0 Å². The summed E-state index contributed by atoms with van der Waals surface area (Å²) in [6.45, 7) is 5.46. The average Bonchev–Trinajstić information content (AvgIpc) is 2.86. The van der Waals surface area contributed by atoms with Gasteiger partial charge in [-0.3, -0.25) is 0 Å². The molecule has 0 aromatic rings. The third kappa shape index (κ3) is 5.89. The summed E-state index contributed by atoms with van der Waals surface area (Å²) >= 11 is 0. The van der Waals surface area contributed by atoms with Gasteiger partial charge < -0.3 is 24.8 Å². The van der Waals surface area contributed by atoms with Gasteiger partial charge in [0.15, 0.2) is 0 Å². The monoisotopic (exact) mass is 302 g/mol. The summed E-state index contributed by atoms with van der Waals surface area (Å²) in [7, 11) is 1.53. The van der Waals surface area contributed by atoms with Crippen molar-refractivity contribution in [3.8, 4) is 0 Å². The van der Waals surface area contributed by atoms with Gasteiger partial charge in [0, 0.05) is 33.2 Å². The van der Waals surface area contributed by atoms with E-state index in [4.69, 9.17) is 14.6 Å². The molecule has 2 N–H and O–H groups in total. The second-order valence-electron chi connectivity index (χ2n) is 5.46. The number of carbonyl (C=O) groups is 2. The Morgan fingerprint density at radius 3 is 2.67 bits per heavy atom. The van der Waals surface area contributed by atoms with Gasteiger partial charge in [0.2, 0.25) is 0 Å². The van der Waals surface area contributed by atoms with Crippen LogP contribution in [-0.4, -0.2) is 67.1 Å². The van der Waals surface area contributed by atoms with E-state index in [1.54, 1.807) is 0 Å². The number of unbranched alkanes of at least 4 members (excludes halogenated alkanes) is 1. The molecule has 0 saturated carbocycles. The van der Waals surface area contributed by atoms with Crippen molar-refractivity contribution in [3.63, 3.8) is 0 Å². The molecule has 1 rings (SSSR count). The molecule has 21 heavy (non-hydrogen) atoms. The molecule has 0 aromatic carbocycles. The molecule has 0 bridgehead atoms. The van der Waals surface area contributed by atoms with Crippen molar-refractivity contribution in [2.75, 3.05) is 26.8 Å². The minimum absolute atomic E-state index is 0.212. The van der Waals surface area contributed by atoms with Gasteiger partial charge in [0.25, 0.3) is 0 Å². The first-order valence-corrected chi connectivity index (χ1v) is 7.37. The summed E-state index contributed by atoms with van der Waals surface area (Å²) in [5.74, 6) is -0.991. The second kappa shape index (κ2) is 8.84. The number of amides is 2. The minimum atomic E-state index is -0.991. The van der Waals surface area contributed by atoms with Crippen LogP contribution in [0.15, 0.2) is 0 Å². The molecule has 0 radical (unpaired) electrons. The van der Waals surface area contributed by atoms with Gasteiger partial charge in [-0.25, -0.2) is 9.59 Å². The van der Waals surface area contributed by atoms with Gasteiger partial charge in [-0.1, -0.05) is 0 Å². The zero-order valence-electron chi connectivity index (χ0n) is 13.0. The van der Waals surface area contributed by atoms with E-state index in [1.807, 2.05) is 13.8 Å². The maximum absolute atomic E-state index is 12.0. The van der Waals surface area contributed by atoms with Crippen LogP contribution in [0.3, 0.4) is 0 Å². The van der Waals surface area contributed by atoms with E-state index in [1.165, 1.54) is 12.0 Å². The summed E-state index contributed by atoms with van der Waals surface area (Å²) < 4.78 is 10.6. The lowest BCUT2D eigenvalue weighted by atomic mass is 10.2. The minimum Gasteiger partial charge on any atom is -0.480 e. The standard InChI is InChI=1S/C14H26N2O5/c1-10(2)21-7-5-4-6-15-14(19)16-9-11(20-3)8-12(16)13(17)18/h10-12H,4-9H2,1-3H3,(H,15,19)(H,17,18). The summed E-state index contributed by atoms with van der Waals surface area (Å²) in [6, 6.07) is -1.15. The van der Waals surface area contributed by atoms with Crippen molar-refractivity contribution in [1.29, 1.82) is 0 Å². The predicted molar refractivity (Wildman–Crippen MR) is 77.3 cm³/mol. The van der Waals surface area contributed by atoms with E-state index < -0.39 is 12.0 Å². The molecule has 1 heterocycles. The largest absolute Gasteiger partial charge is 0.480 e. The van der Waals surface area contributed by atoms with Crippen LogP contribution in [0.4, 0.5) is 4.79 Å². The first kappa shape index (κ1) is 17.7. The van der Waals surface area contributed by atoms with E-state index >= 15 is 0 Å². The predicted octanol–water partition coefficient (Wildman–Crippen LogP) is 1.08. The lowest BCUT2D eigenvalue weighted by molar-refractivity contribution is -0.141. The fraction of sp³-hybridized carbons (Fsp3) is 0.857. The number of rotatable bonds is 8. The maximum atomic E-state index is 12.0. The van der Waals surface area contributed by atoms with Crippen LogP contribution >= 0.6 is 0 Å². The number of carboxylic acids is 1. The Hall–Kier alpha value is -1.34. The van der Waals surface area contributed by atoms with Crippen LogP contribution in [0.5, 0.6) is 0 Å². The van der Waals surface area contributed by atoms with Gasteiger partial charge in [-0.05, 0) is 26.7 Å². The molecule has 0 aromatic heterocycles. The van der Waals surface area contributed by atoms with Crippen LogP contribution in [0.1, 0.15) is 33.1 Å². The Morgan fingerprint density at radius 1 is 1.38 bits per heavy atom. The van der Waals surface area contributed by atoms with Gasteiger partial charge >= 0.3 is 12.0 Å². The average molecular weight is 302 g/mol. The van der Waals surface area contributed by atoms with Crippen LogP contribution in [0.25, 0.3) is 0 Å². The molecule has 2 atom stereocenters. The number of likely N-dealkylation sites (tertiary alicyclic amines) is 1. The number of nitrogens with one attached hydrogen (secondary N) is 1. The van der Waals surface area contributed by atoms with Gasteiger partial charge in [-0.2, -0.15) is 0 Å². The number of hydrogen-bond acceptors (Lipinski definition) is 4. The number of nitrogens with zero attached hydrogens (tertiary/aromatic N) is 1. The van der Waals surface area contributed by atoms with E-state index in [0.717, 1.165) is 12.8 Å². The molecule has 0 aliphatic carbocycles.